The van der Waals surface area contributed by atoms with Crippen molar-refractivity contribution in [3.63, 3.8) is 0 Å². The molecule has 1 saturated carbocycles. The predicted molar refractivity (Wildman–Crippen MR) is 86.1 cm³/mol. The predicted octanol–water partition coefficient (Wildman–Crippen LogP) is 3.68. The van der Waals surface area contributed by atoms with Crippen LogP contribution in [0.1, 0.15) is 37.7 Å². The van der Waals surface area contributed by atoms with Crippen molar-refractivity contribution in [3.05, 3.63) is 36.0 Å². The van der Waals surface area contributed by atoms with E-state index in [0.29, 0.717) is 0 Å². The summed E-state index contributed by atoms with van der Waals surface area (Å²) in [7, 11) is 0. The maximum atomic E-state index is 8.93. The van der Waals surface area contributed by atoms with E-state index in [1.807, 2.05) is 12.1 Å². The molecule has 2 aromatic rings. The number of rotatable bonds is 5. The largest absolute Gasteiger partial charge is 0.346 e. The molecule has 0 radical (unpaired) electrons. The molecule has 110 valence electrons. The number of benzene rings is 1. The molecule has 1 N–H and O–H groups in total. The van der Waals surface area contributed by atoms with Crippen LogP contribution in [0.5, 0.6) is 0 Å². The molecule has 1 aliphatic carbocycles. The first-order valence-corrected chi connectivity index (χ1v) is 8.06. The molecule has 0 amide bonds. The van der Waals surface area contributed by atoms with Gasteiger partial charge in [-0.15, -0.1) is 0 Å². The van der Waals surface area contributed by atoms with Gasteiger partial charge in [0.25, 0.3) is 0 Å². The summed E-state index contributed by atoms with van der Waals surface area (Å²) in [6.45, 7) is 3.17. The highest BCUT2D eigenvalue weighted by atomic mass is 15.0. The van der Waals surface area contributed by atoms with Gasteiger partial charge in [0.05, 0.1) is 11.6 Å². The maximum absolute atomic E-state index is 8.93. The van der Waals surface area contributed by atoms with Crippen LogP contribution >= 0.6 is 0 Å². The van der Waals surface area contributed by atoms with Crippen LogP contribution in [-0.4, -0.2) is 17.7 Å². The first-order chi connectivity index (χ1) is 10.4. The van der Waals surface area contributed by atoms with Gasteiger partial charge in [-0.25, -0.2) is 0 Å². The summed E-state index contributed by atoms with van der Waals surface area (Å²) in [5, 5.41) is 13.7. The molecule has 0 bridgehead atoms. The van der Waals surface area contributed by atoms with Crippen molar-refractivity contribution in [3.8, 4) is 6.07 Å². The van der Waals surface area contributed by atoms with Crippen molar-refractivity contribution in [1.82, 2.24) is 9.88 Å². The molecule has 1 aromatic carbocycles. The molecule has 0 aliphatic heterocycles. The van der Waals surface area contributed by atoms with Gasteiger partial charge >= 0.3 is 0 Å². The SMILES string of the molecule is N#Cc1ccc2c(ccn2CCNCC2CCCCC2)c1. The summed E-state index contributed by atoms with van der Waals surface area (Å²) in [6.07, 6.45) is 9.17. The van der Waals surface area contributed by atoms with E-state index in [2.05, 4.69) is 34.3 Å². The molecule has 3 rings (SSSR count). The second-order valence-corrected chi connectivity index (χ2v) is 6.10. The molecule has 0 atom stereocenters. The minimum Gasteiger partial charge on any atom is -0.346 e. The molecule has 0 saturated heterocycles. The average molecular weight is 281 g/mol. The topological polar surface area (TPSA) is 40.8 Å². The third-order valence-electron chi connectivity index (χ3n) is 4.59. The monoisotopic (exact) mass is 281 g/mol. The van der Waals surface area contributed by atoms with Gasteiger partial charge in [0.15, 0.2) is 0 Å². The fourth-order valence-electron chi connectivity index (χ4n) is 3.36. The molecular weight excluding hydrogens is 258 g/mol. The molecule has 1 aromatic heterocycles. The molecule has 0 unspecified atom stereocenters. The molecule has 21 heavy (non-hydrogen) atoms. The fourth-order valence-corrected chi connectivity index (χ4v) is 3.36. The van der Waals surface area contributed by atoms with Crippen LogP contribution < -0.4 is 5.32 Å². The van der Waals surface area contributed by atoms with Crippen molar-refractivity contribution in [1.29, 1.82) is 5.26 Å². The zero-order chi connectivity index (χ0) is 14.5. The zero-order valence-corrected chi connectivity index (χ0v) is 12.5. The standard InChI is InChI=1S/C18H23N3/c19-13-16-6-7-18-17(12-16)8-10-21(18)11-9-20-14-15-4-2-1-3-5-15/h6-8,10,12,15,20H,1-5,9,11,14H2. The molecule has 1 aliphatic rings. The van der Waals surface area contributed by atoms with Gasteiger partial charge in [-0.2, -0.15) is 5.26 Å². The lowest BCUT2D eigenvalue weighted by molar-refractivity contribution is 0.341. The van der Waals surface area contributed by atoms with Gasteiger partial charge in [0.2, 0.25) is 0 Å². The smallest absolute Gasteiger partial charge is 0.0991 e. The van der Waals surface area contributed by atoms with Crippen molar-refractivity contribution in [2.45, 2.75) is 38.6 Å². The Morgan fingerprint density at radius 1 is 1.19 bits per heavy atom. The fraction of sp³-hybridized carbons (Fsp3) is 0.500. The Labute approximate surface area is 126 Å². The molecule has 1 fully saturated rings. The van der Waals surface area contributed by atoms with Crippen LogP contribution in [0.15, 0.2) is 30.5 Å². The Bertz CT molecular complexity index is 629. The summed E-state index contributed by atoms with van der Waals surface area (Å²) in [5.74, 6) is 0.887. The second kappa shape index (κ2) is 6.78. The Balaban J connectivity index is 1.52. The van der Waals surface area contributed by atoms with Crippen molar-refractivity contribution in [2.24, 2.45) is 5.92 Å². The third-order valence-corrected chi connectivity index (χ3v) is 4.59. The van der Waals surface area contributed by atoms with E-state index in [-0.39, 0.29) is 0 Å². The molecule has 3 heteroatoms. The lowest BCUT2D eigenvalue weighted by Crippen LogP contribution is -2.27. The average Bonchev–Trinajstić information content (AvgIpc) is 2.95. The lowest BCUT2D eigenvalue weighted by Gasteiger charge is -2.21. The van der Waals surface area contributed by atoms with E-state index in [4.69, 9.17) is 5.26 Å². The summed E-state index contributed by atoms with van der Waals surface area (Å²) >= 11 is 0. The van der Waals surface area contributed by atoms with Crippen molar-refractivity contribution in [2.75, 3.05) is 13.1 Å². The van der Waals surface area contributed by atoms with Crippen molar-refractivity contribution < 1.29 is 0 Å². The van der Waals surface area contributed by atoms with Crippen LogP contribution in [0, 0.1) is 17.2 Å². The highest BCUT2D eigenvalue weighted by Gasteiger charge is 2.12. The van der Waals surface area contributed by atoms with E-state index in [9.17, 15) is 0 Å². The number of hydrogen-bond acceptors (Lipinski definition) is 2. The molecule has 1 heterocycles. The van der Waals surface area contributed by atoms with E-state index in [1.165, 1.54) is 37.6 Å². The van der Waals surface area contributed by atoms with Crippen molar-refractivity contribution >= 4 is 10.9 Å². The number of fused-ring (bicyclic) bond motifs is 1. The summed E-state index contributed by atoms with van der Waals surface area (Å²) in [4.78, 5) is 0. The minimum absolute atomic E-state index is 0.732. The summed E-state index contributed by atoms with van der Waals surface area (Å²) < 4.78 is 2.27. The molecular formula is C18H23N3. The zero-order valence-electron chi connectivity index (χ0n) is 12.5. The minimum atomic E-state index is 0.732. The lowest BCUT2D eigenvalue weighted by atomic mass is 9.89. The van der Waals surface area contributed by atoms with Crippen LogP contribution in [-0.2, 0) is 6.54 Å². The quantitative estimate of drug-likeness (QED) is 0.849. The number of nitrogens with zero attached hydrogens (tertiary/aromatic N) is 2. The Morgan fingerprint density at radius 3 is 2.86 bits per heavy atom. The van der Waals surface area contributed by atoms with Crippen LogP contribution in [0.2, 0.25) is 0 Å². The van der Waals surface area contributed by atoms with E-state index >= 15 is 0 Å². The van der Waals surface area contributed by atoms with Gasteiger partial charge in [-0.3, -0.25) is 0 Å². The van der Waals surface area contributed by atoms with Gasteiger partial charge in [0.1, 0.15) is 0 Å². The summed E-state index contributed by atoms with van der Waals surface area (Å²) in [5.41, 5.74) is 1.95. The van der Waals surface area contributed by atoms with Crippen LogP contribution in [0.3, 0.4) is 0 Å². The highest BCUT2D eigenvalue weighted by molar-refractivity contribution is 5.81. The number of nitriles is 1. The van der Waals surface area contributed by atoms with Gasteiger partial charge in [-0.05, 0) is 49.6 Å². The number of aromatic nitrogens is 1. The number of nitrogens with one attached hydrogen (secondary N) is 1. The highest BCUT2D eigenvalue weighted by Crippen LogP contribution is 2.22. The van der Waals surface area contributed by atoms with Gasteiger partial charge in [-0.1, -0.05) is 19.3 Å². The molecule has 0 spiro atoms. The number of hydrogen-bond donors (Lipinski definition) is 1. The third kappa shape index (κ3) is 3.46. The van der Waals surface area contributed by atoms with E-state index in [1.54, 1.807) is 0 Å². The Morgan fingerprint density at radius 2 is 2.05 bits per heavy atom. The van der Waals surface area contributed by atoms with E-state index < -0.39 is 0 Å². The Hall–Kier alpha value is -1.79. The van der Waals surface area contributed by atoms with Gasteiger partial charge in [0, 0.05) is 30.2 Å². The molecule has 3 nitrogen and oxygen atoms in total. The normalized spacial score (nSPS) is 16.1. The van der Waals surface area contributed by atoms with Gasteiger partial charge < -0.3 is 9.88 Å². The van der Waals surface area contributed by atoms with Crippen LogP contribution in [0.25, 0.3) is 10.9 Å². The second-order valence-electron chi connectivity index (χ2n) is 6.10. The van der Waals surface area contributed by atoms with E-state index in [0.717, 1.165) is 36.5 Å². The first-order valence-electron chi connectivity index (χ1n) is 8.06. The summed E-state index contributed by atoms with van der Waals surface area (Å²) in [6, 6.07) is 10.2. The Kier molecular flexibility index (Phi) is 4.57. The first kappa shape index (κ1) is 14.2. The van der Waals surface area contributed by atoms with Crippen LogP contribution in [0.4, 0.5) is 0 Å². The maximum Gasteiger partial charge on any atom is 0.0991 e.